The van der Waals surface area contributed by atoms with Crippen molar-refractivity contribution in [3.8, 4) is 22.8 Å². The van der Waals surface area contributed by atoms with Crippen LogP contribution in [0.3, 0.4) is 0 Å². The van der Waals surface area contributed by atoms with Crippen LogP contribution in [0, 0.1) is 0 Å². The van der Waals surface area contributed by atoms with E-state index < -0.39 is 0 Å². The van der Waals surface area contributed by atoms with Crippen molar-refractivity contribution in [1.29, 1.82) is 0 Å². The largest absolute Gasteiger partial charge is 0.508 e. The van der Waals surface area contributed by atoms with Crippen LogP contribution in [0.2, 0.25) is 0 Å². The smallest absolute Gasteiger partial charge is 0.176 e. The van der Waals surface area contributed by atoms with Crippen molar-refractivity contribution in [2.75, 3.05) is 0 Å². The fourth-order valence-electron chi connectivity index (χ4n) is 2.39. The van der Waals surface area contributed by atoms with E-state index in [1.54, 1.807) is 48.7 Å². The second-order valence-corrected chi connectivity index (χ2v) is 4.78. The maximum absolute atomic E-state index is 9.50. The van der Waals surface area contributed by atoms with Gasteiger partial charge in [0.25, 0.3) is 0 Å². The lowest BCUT2D eigenvalue weighted by Gasteiger charge is -1.99. The van der Waals surface area contributed by atoms with E-state index in [0.717, 1.165) is 16.3 Å². The van der Waals surface area contributed by atoms with Crippen molar-refractivity contribution in [2.45, 2.75) is 0 Å². The number of nitrogens with zero attached hydrogens (tertiary/aromatic N) is 2. The second kappa shape index (κ2) is 4.21. The van der Waals surface area contributed by atoms with Gasteiger partial charge in [-0.25, -0.2) is 0 Å². The zero-order valence-corrected chi connectivity index (χ0v) is 10.8. The SMILES string of the molecule is Oc1ccc(-c2onc3c2cnc2cc(O)ccc23)cc1. The lowest BCUT2D eigenvalue weighted by atomic mass is 10.1. The molecule has 0 fully saturated rings. The van der Waals surface area contributed by atoms with Crippen LogP contribution in [0.1, 0.15) is 0 Å². The first-order valence-electron chi connectivity index (χ1n) is 6.39. The van der Waals surface area contributed by atoms with Gasteiger partial charge in [0.05, 0.1) is 10.9 Å². The quantitative estimate of drug-likeness (QED) is 0.557. The Kier molecular flexibility index (Phi) is 2.35. The van der Waals surface area contributed by atoms with E-state index in [2.05, 4.69) is 10.1 Å². The van der Waals surface area contributed by atoms with Gasteiger partial charge in [0, 0.05) is 23.2 Å². The number of phenols is 2. The Morgan fingerprint density at radius 1 is 0.857 bits per heavy atom. The average Bonchev–Trinajstić information content (AvgIpc) is 2.92. The fourth-order valence-corrected chi connectivity index (χ4v) is 2.39. The third-order valence-electron chi connectivity index (χ3n) is 3.43. The first-order valence-corrected chi connectivity index (χ1v) is 6.39. The molecular weight excluding hydrogens is 268 g/mol. The molecule has 21 heavy (non-hydrogen) atoms. The summed E-state index contributed by atoms with van der Waals surface area (Å²) >= 11 is 0. The zero-order valence-electron chi connectivity index (χ0n) is 10.8. The molecule has 0 aliphatic rings. The van der Waals surface area contributed by atoms with Gasteiger partial charge in [0.2, 0.25) is 0 Å². The molecule has 102 valence electrons. The van der Waals surface area contributed by atoms with Crippen LogP contribution in [0.4, 0.5) is 0 Å². The van der Waals surface area contributed by atoms with Crippen LogP contribution < -0.4 is 0 Å². The van der Waals surface area contributed by atoms with Crippen LogP contribution >= 0.6 is 0 Å². The summed E-state index contributed by atoms with van der Waals surface area (Å²) in [7, 11) is 0. The molecule has 2 heterocycles. The highest BCUT2D eigenvalue weighted by Gasteiger charge is 2.14. The summed E-state index contributed by atoms with van der Waals surface area (Å²) in [4.78, 5) is 4.34. The van der Waals surface area contributed by atoms with Crippen molar-refractivity contribution in [1.82, 2.24) is 10.1 Å². The molecule has 0 bridgehead atoms. The molecule has 5 nitrogen and oxygen atoms in total. The molecule has 5 heteroatoms. The molecule has 4 aromatic rings. The highest BCUT2D eigenvalue weighted by atomic mass is 16.5. The maximum atomic E-state index is 9.50. The lowest BCUT2D eigenvalue weighted by molar-refractivity contribution is 0.441. The Balaban J connectivity index is 2.00. The van der Waals surface area contributed by atoms with Crippen molar-refractivity contribution in [3.05, 3.63) is 48.7 Å². The molecule has 0 unspecified atom stereocenters. The number of fused-ring (bicyclic) bond motifs is 3. The Morgan fingerprint density at radius 2 is 1.62 bits per heavy atom. The summed E-state index contributed by atoms with van der Waals surface area (Å²) in [5.74, 6) is 0.964. The summed E-state index contributed by atoms with van der Waals surface area (Å²) in [6.45, 7) is 0. The van der Waals surface area contributed by atoms with Crippen LogP contribution in [0.15, 0.2) is 53.2 Å². The molecule has 2 aromatic carbocycles. The molecular formula is C16H10N2O3. The minimum absolute atomic E-state index is 0.164. The van der Waals surface area contributed by atoms with E-state index in [4.69, 9.17) is 4.52 Å². The van der Waals surface area contributed by atoms with Gasteiger partial charge in [-0.05, 0) is 36.4 Å². The molecule has 2 N–H and O–H groups in total. The lowest BCUT2D eigenvalue weighted by Crippen LogP contribution is -1.81. The Bertz CT molecular complexity index is 959. The van der Waals surface area contributed by atoms with Crippen molar-refractivity contribution in [3.63, 3.8) is 0 Å². The molecule has 4 rings (SSSR count). The first-order chi connectivity index (χ1) is 10.2. The second-order valence-electron chi connectivity index (χ2n) is 4.78. The van der Waals surface area contributed by atoms with Crippen molar-refractivity contribution >= 4 is 21.8 Å². The molecule has 2 aromatic heterocycles. The van der Waals surface area contributed by atoms with Gasteiger partial charge in [-0.1, -0.05) is 5.16 Å². The standard InChI is InChI=1S/C16H10N2O3/c19-10-3-1-9(2-4-10)16-13-8-17-14-7-11(20)5-6-12(14)15(13)18-21-16/h1-8,19-20H. The molecule has 0 saturated carbocycles. The number of hydrogen-bond donors (Lipinski definition) is 2. The van der Waals surface area contributed by atoms with Gasteiger partial charge in [-0.2, -0.15) is 0 Å². The van der Waals surface area contributed by atoms with Gasteiger partial charge in [-0.3, -0.25) is 4.98 Å². The average molecular weight is 278 g/mol. The van der Waals surface area contributed by atoms with Gasteiger partial charge in [-0.15, -0.1) is 0 Å². The summed E-state index contributed by atoms with van der Waals surface area (Å²) in [5, 5.41) is 24.6. The number of aromatic nitrogens is 2. The van der Waals surface area contributed by atoms with E-state index in [1.165, 1.54) is 0 Å². The molecule has 0 aliphatic heterocycles. The molecule has 0 atom stereocenters. The van der Waals surface area contributed by atoms with E-state index in [9.17, 15) is 10.2 Å². The Morgan fingerprint density at radius 3 is 2.43 bits per heavy atom. The zero-order chi connectivity index (χ0) is 14.4. The molecule has 0 aliphatic carbocycles. The maximum Gasteiger partial charge on any atom is 0.176 e. The summed E-state index contributed by atoms with van der Waals surface area (Å²) in [6.07, 6.45) is 1.68. The van der Waals surface area contributed by atoms with E-state index in [-0.39, 0.29) is 11.5 Å². The van der Waals surface area contributed by atoms with E-state index >= 15 is 0 Å². The summed E-state index contributed by atoms with van der Waals surface area (Å²) in [6, 6.07) is 11.7. The van der Waals surface area contributed by atoms with Crippen LogP contribution in [-0.4, -0.2) is 20.4 Å². The fraction of sp³-hybridized carbons (Fsp3) is 0. The van der Waals surface area contributed by atoms with Crippen molar-refractivity contribution in [2.24, 2.45) is 0 Å². The van der Waals surface area contributed by atoms with E-state index in [0.29, 0.717) is 16.8 Å². The normalized spacial score (nSPS) is 11.2. The topological polar surface area (TPSA) is 79.4 Å². The minimum Gasteiger partial charge on any atom is -0.508 e. The predicted octanol–water partition coefficient (Wildman–Crippen LogP) is 3.45. The van der Waals surface area contributed by atoms with Crippen LogP contribution in [0.25, 0.3) is 33.1 Å². The van der Waals surface area contributed by atoms with Crippen LogP contribution in [-0.2, 0) is 0 Å². The summed E-state index contributed by atoms with van der Waals surface area (Å²) in [5.41, 5.74) is 2.17. The van der Waals surface area contributed by atoms with Gasteiger partial charge in [0.1, 0.15) is 17.0 Å². The van der Waals surface area contributed by atoms with Gasteiger partial charge >= 0.3 is 0 Å². The third kappa shape index (κ3) is 1.79. The van der Waals surface area contributed by atoms with Gasteiger partial charge in [0.15, 0.2) is 5.76 Å². The highest BCUT2D eigenvalue weighted by Crippen LogP contribution is 2.33. The number of hydrogen-bond acceptors (Lipinski definition) is 5. The Labute approximate surface area is 119 Å². The number of aromatic hydroxyl groups is 2. The first kappa shape index (κ1) is 11.7. The number of benzene rings is 2. The van der Waals surface area contributed by atoms with Crippen molar-refractivity contribution < 1.29 is 14.7 Å². The van der Waals surface area contributed by atoms with Crippen LogP contribution in [0.5, 0.6) is 11.5 Å². The molecule has 0 saturated heterocycles. The number of phenolic OH excluding ortho intramolecular Hbond substituents is 2. The minimum atomic E-state index is 0.164. The molecule has 0 spiro atoms. The predicted molar refractivity (Wildman–Crippen MR) is 78.1 cm³/mol. The van der Waals surface area contributed by atoms with Gasteiger partial charge < -0.3 is 14.7 Å². The highest BCUT2D eigenvalue weighted by molar-refractivity contribution is 6.07. The molecule has 0 radical (unpaired) electrons. The number of rotatable bonds is 1. The number of pyridine rings is 1. The third-order valence-corrected chi connectivity index (χ3v) is 3.43. The summed E-state index contributed by atoms with van der Waals surface area (Å²) < 4.78 is 5.45. The van der Waals surface area contributed by atoms with E-state index in [1.807, 2.05) is 0 Å². The Hall–Kier alpha value is -3.08. The monoisotopic (exact) mass is 278 g/mol. The molecule has 0 amide bonds.